The average molecular weight is 296 g/mol. The van der Waals surface area contributed by atoms with Crippen LogP contribution in [-0.4, -0.2) is 49.7 Å². The third-order valence-electron chi connectivity index (χ3n) is 5.85. The molecular weight excluding hydrogens is 264 g/mol. The molecule has 2 aliphatic rings. The van der Waals surface area contributed by atoms with Crippen molar-refractivity contribution in [2.45, 2.75) is 58.4 Å². The number of rotatable bonds is 8. The van der Waals surface area contributed by atoms with Gasteiger partial charge in [0.25, 0.3) is 0 Å². The van der Waals surface area contributed by atoms with Crippen LogP contribution in [0.2, 0.25) is 0 Å². The minimum Gasteiger partial charge on any atom is -0.465 e. The molecule has 4 heteroatoms. The minimum absolute atomic E-state index is 0.0551. The van der Waals surface area contributed by atoms with Crippen molar-refractivity contribution in [3.05, 3.63) is 0 Å². The van der Waals surface area contributed by atoms with Crippen molar-refractivity contribution < 1.29 is 9.53 Å². The van der Waals surface area contributed by atoms with Crippen LogP contribution in [0, 0.1) is 11.3 Å². The summed E-state index contributed by atoms with van der Waals surface area (Å²) in [4.78, 5) is 15.0. The maximum Gasteiger partial charge on any atom is 0.327 e. The molecule has 0 aromatic carbocycles. The zero-order chi connectivity index (χ0) is 15.5. The van der Waals surface area contributed by atoms with Crippen LogP contribution in [0.5, 0.6) is 0 Å². The lowest BCUT2D eigenvalue weighted by molar-refractivity contribution is -0.153. The molecule has 1 saturated carbocycles. The summed E-state index contributed by atoms with van der Waals surface area (Å²) in [6.07, 6.45) is 6.00. The molecule has 4 nitrogen and oxygen atoms in total. The Labute approximate surface area is 129 Å². The van der Waals surface area contributed by atoms with Gasteiger partial charge in [0, 0.05) is 13.1 Å². The number of ether oxygens (including phenoxy) is 1. The third kappa shape index (κ3) is 3.26. The SMILES string of the molecule is CCOC(=O)C(CN1CCC(CC)(CC)C1)(NC)C1CC1. The highest BCUT2D eigenvalue weighted by molar-refractivity contribution is 5.82. The number of hydrogen-bond acceptors (Lipinski definition) is 4. The highest BCUT2D eigenvalue weighted by Crippen LogP contribution is 2.43. The first-order chi connectivity index (χ1) is 10.1. The largest absolute Gasteiger partial charge is 0.465 e. The summed E-state index contributed by atoms with van der Waals surface area (Å²) in [6.45, 7) is 9.97. The summed E-state index contributed by atoms with van der Waals surface area (Å²) in [5.41, 5.74) is -0.0364. The van der Waals surface area contributed by atoms with Gasteiger partial charge in [0.1, 0.15) is 5.54 Å². The molecule has 1 unspecified atom stereocenters. The predicted molar refractivity (Wildman–Crippen MR) is 85.2 cm³/mol. The maximum absolute atomic E-state index is 12.6. The fraction of sp³-hybridized carbons (Fsp3) is 0.941. The number of likely N-dealkylation sites (N-methyl/N-ethyl adjacent to an activating group) is 1. The fourth-order valence-corrected chi connectivity index (χ4v) is 3.92. The van der Waals surface area contributed by atoms with Gasteiger partial charge < -0.3 is 15.0 Å². The molecule has 2 rings (SSSR count). The van der Waals surface area contributed by atoms with E-state index in [1.165, 1.54) is 19.3 Å². The number of esters is 1. The average Bonchev–Trinajstić information content (AvgIpc) is 3.27. The van der Waals surface area contributed by atoms with Gasteiger partial charge in [-0.2, -0.15) is 0 Å². The normalized spacial score (nSPS) is 24.8. The molecule has 1 N–H and O–H groups in total. The molecule has 1 heterocycles. The molecule has 1 aliphatic carbocycles. The first kappa shape index (κ1) is 16.8. The van der Waals surface area contributed by atoms with Gasteiger partial charge >= 0.3 is 5.97 Å². The molecule has 0 spiro atoms. The van der Waals surface area contributed by atoms with Crippen molar-refractivity contribution in [3.63, 3.8) is 0 Å². The summed E-state index contributed by atoms with van der Waals surface area (Å²) in [7, 11) is 1.91. The van der Waals surface area contributed by atoms with E-state index in [-0.39, 0.29) is 5.97 Å². The molecule has 1 aliphatic heterocycles. The molecule has 122 valence electrons. The second-order valence-corrected chi connectivity index (χ2v) is 6.88. The van der Waals surface area contributed by atoms with Gasteiger partial charge in [-0.05, 0) is 64.0 Å². The lowest BCUT2D eigenvalue weighted by Gasteiger charge is -2.36. The minimum atomic E-state index is -0.492. The summed E-state index contributed by atoms with van der Waals surface area (Å²) in [5.74, 6) is 0.389. The van der Waals surface area contributed by atoms with E-state index >= 15 is 0 Å². The van der Waals surface area contributed by atoms with Crippen molar-refractivity contribution in [1.29, 1.82) is 0 Å². The van der Waals surface area contributed by atoms with Gasteiger partial charge in [0.05, 0.1) is 6.61 Å². The van der Waals surface area contributed by atoms with Crippen LogP contribution in [-0.2, 0) is 9.53 Å². The van der Waals surface area contributed by atoms with E-state index in [2.05, 4.69) is 24.1 Å². The molecule has 0 aromatic heterocycles. The Kier molecular flexibility index (Phi) is 5.31. The zero-order valence-corrected chi connectivity index (χ0v) is 14.2. The van der Waals surface area contributed by atoms with Gasteiger partial charge in [-0.3, -0.25) is 0 Å². The number of likely N-dealkylation sites (tertiary alicyclic amines) is 1. The summed E-state index contributed by atoms with van der Waals surface area (Å²) < 4.78 is 5.39. The van der Waals surface area contributed by atoms with Crippen LogP contribution in [0.3, 0.4) is 0 Å². The molecule has 0 amide bonds. The number of carbonyl (C=O) groups is 1. The quantitative estimate of drug-likeness (QED) is 0.699. The predicted octanol–water partition coefficient (Wildman–Crippen LogP) is 2.43. The van der Waals surface area contributed by atoms with Crippen molar-refractivity contribution in [2.75, 3.05) is 33.3 Å². The summed E-state index contributed by atoms with van der Waals surface area (Å²) >= 11 is 0. The lowest BCUT2D eigenvalue weighted by Crippen LogP contribution is -2.60. The molecule has 0 bridgehead atoms. The first-order valence-electron chi connectivity index (χ1n) is 8.64. The molecular formula is C17H32N2O2. The number of nitrogens with zero attached hydrogens (tertiary/aromatic N) is 1. The Balaban J connectivity index is 2.08. The molecule has 2 fully saturated rings. The molecule has 1 saturated heterocycles. The molecule has 0 aromatic rings. The lowest BCUT2D eigenvalue weighted by atomic mass is 9.82. The van der Waals surface area contributed by atoms with Crippen LogP contribution >= 0.6 is 0 Å². The van der Waals surface area contributed by atoms with Crippen molar-refractivity contribution in [2.24, 2.45) is 11.3 Å². The molecule has 0 radical (unpaired) electrons. The van der Waals surface area contributed by atoms with Gasteiger partial charge in [0.15, 0.2) is 0 Å². The van der Waals surface area contributed by atoms with Gasteiger partial charge in [-0.1, -0.05) is 13.8 Å². The first-order valence-corrected chi connectivity index (χ1v) is 8.64. The Morgan fingerprint density at radius 3 is 2.43 bits per heavy atom. The van der Waals surface area contributed by atoms with Crippen molar-refractivity contribution in [1.82, 2.24) is 10.2 Å². The van der Waals surface area contributed by atoms with Crippen molar-refractivity contribution in [3.8, 4) is 0 Å². The molecule has 21 heavy (non-hydrogen) atoms. The van der Waals surface area contributed by atoms with E-state index in [1.807, 2.05) is 14.0 Å². The van der Waals surface area contributed by atoms with E-state index in [4.69, 9.17) is 4.74 Å². The standard InChI is InChI=1S/C17H32N2O2/c1-5-16(6-2)10-11-19(12-16)13-17(18-4,14-8-9-14)15(20)21-7-3/h14,18H,5-13H2,1-4H3. The number of carbonyl (C=O) groups excluding carboxylic acids is 1. The van der Waals surface area contributed by atoms with Crippen LogP contribution in [0.4, 0.5) is 0 Å². The van der Waals surface area contributed by atoms with Gasteiger partial charge in [0.2, 0.25) is 0 Å². The van der Waals surface area contributed by atoms with Crippen molar-refractivity contribution >= 4 is 5.97 Å². The van der Waals surface area contributed by atoms with E-state index < -0.39 is 5.54 Å². The Hall–Kier alpha value is -0.610. The third-order valence-corrected chi connectivity index (χ3v) is 5.85. The number of hydrogen-bond donors (Lipinski definition) is 1. The van der Waals surface area contributed by atoms with Crippen LogP contribution in [0.1, 0.15) is 52.9 Å². The van der Waals surface area contributed by atoms with E-state index in [0.717, 1.165) is 32.5 Å². The summed E-state index contributed by atoms with van der Waals surface area (Å²) in [6, 6.07) is 0. The Morgan fingerprint density at radius 2 is 2.00 bits per heavy atom. The Morgan fingerprint density at radius 1 is 1.33 bits per heavy atom. The monoisotopic (exact) mass is 296 g/mol. The van der Waals surface area contributed by atoms with Crippen LogP contribution < -0.4 is 5.32 Å². The van der Waals surface area contributed by atoms with E-state index in [0.29, 0.717) is 17.9 Å². The summed E-state index contributed by atoms with van der Waals surface area (Å²) in [5, 5.41) is 3.34. The maximum atomic E-state index is 12.6. The van der Waals surface area contributed by atoms with Crippen LogP contribution in [0.15, 0.2) is 0 Å². The van der Waals surface area contributed by atoms with Gasteiger partial charge in [-0.25, -0.2) is 4.79 Å². The fourth-order valence-electron chi connectivity index (χ4n) is 3.92. The van der Waals surface area contributed by atoms with E-state index in [9.17, 15) is 4.79 Å². The smallest absolute Gasteiger partial charge is 0.327 e. The Bertz CT molecular complexity index is 364. The topological polar surface area (TPSA) is 41.6 Å². The highest BCUT2D eigenvalue weighted by Gasteiger charge is 2.53. The second kappa shape index (κ2) is 6.66. The number of nitrogens with one attached hydrogen (secondary N) is 1. The second-order valence-electron chi connectivity index (χ2n) is 6.88. The highest BCUT2D eigenvalue weighted by atomic mass is 16.5. The van der Waals surface area contributed by atoms with Gasteiger partial charge in [-0.15, -0.1) is 0 Å². The van der Waals surface area contributed by atoms with E-state index in [1.54, 1.807) is 0 Å². The van der Waals surface area contributed by atoms with Crippen LogP contribution in [0.25, 0.3) is 0 Å². The zero-order valence-electron chi connectivity index (χ0n) is 14.2. The molecule has 1 atom stereocenters.